The maximum absolute atomic E-state index is 5.92. The molecule has 4 heteroatoms. The van der Waals surface area contributed by atoms with Gasteiger partial charge in [-0.25, -0.2) is 4.98 Å². The van der Waals surface area contributed by atoms with E-state index in [1.54, 1.807) is 24.8 Å². The molecule has 3 rings (SSSR count). The van der Waals surface area contributed by atoms with E-state index < -0.39 is 0 Å². The van der Waals surface area contributed by atoms with Gasteiger partial charge in [-0.05, 0) is 29.7 Å². The second-order valence-electron chi connectivity index (χ2n) is 3.73. The first-order valence-corrected chi connectivity index (χ1v) is 5.25. The molecule has 0 amide bonds. The number of hydrogen-bond donors (Lipinski definition) is 1. The Bertz CT molecular complexity index is 665. The number of pyridine rings is 3. The third-order valence-corrected chi connectivity index (χ3v) is 2.62. The Morgan fingerprint density at radius 1 is 1.00 bits per heavy atom. The molecule has 3 heterocycles. The van der Waals surface area contributed by atoms with Crippen molar-refractivity contribution >= 4 is 16.6 Å². The van der Waals surface area contributed by atoms with Crippen LogP contribution < -0.4 is 5.73 Å². The molecule has 0 aliphatic rings. The normalized spacial score (nSPS) is 10.6. The van der Waals surface area contributed by atoms with Crippen LogP contribution in [-0.2, 0) is 0 Å². The SMILES string of the molecule is Nc1nc(-c2cccnc2)cc2ccncc12. The van der Waals surface area contributed by atoms with Gasteiger partial charge in [0.25, 0.3) is 0 Å². The van der Waals surface area contributed by atoms with Crippen molar-refractivity contribution in [3.8, 4) is 11.3 Å². The highest BCUT2D eigenvalue weighted by atomic mass is 14.8. The molecule has 4 nitrogen and oxygen atoms in total. The molecular formula is C13H10N4. The molecule has 3 aromatic heterocycles. The van der Waals surface area contributed by atoms with Crippen molar-refractivity contribution in [1.82, 2.24) is 15.0 Å². The third kappa shape index (κ3) is 1.69. The lowest BCUT2D eigenvalue weighted by Crippen LogP contribution is -1.95. The van der Waals surface area contributed by atoms with Gasteiger partial charge in [0.15, 0.2) is 0 Å². The van der Waals surface area contributed by atoms with Crippen molar-refractivity contribution in [2.45, 2.75) is 0 Å². The predicted octanol–water partition coefficient (Wildman–Crippen LogP) is 2.27. The van der Waals surface area contributed by atoms with Gasteiger partial charge in [-0.15, -0.1) is 0 Å². The second kappa shape index (κ2) is 3.83. The smallest absolute Gasteiger partial charge is 0.133 e. The number of aromatic nitrogens is 3. The van der Waals surface area contributed by atoms with E-state index in [9.17, 15) is 0 Å². The number of anilines is 1. The van der Waals surface area contributed by atoms with Crippen LogP contribution in [0, 0.1) is 0 Å². The number of nitrogen functional groups attached to an aromatic ring is 1. The molecule has 82 valence electrons. The maximum atomic E-state index is 5.92. The zero-order valence-electron chi connectivity index (χ0n) is 9.04. The van der Waals surface area contributed by atoms with E-state index in [4.69, 9.17) is 5.73 Å². The van der Waals surface area contributed by atoms with Crippen LogP contribution in [0.1, 0.15) is 0 Å². The van der Waals surface area contributed by atoms with E-state index in [-0.39, 0.29) is 0 Å². The fourth-order valence-corrected chi connectivity index (χ4v) is 1.78. The molecule has 0 aliphatic carbocycles. The average molecular weight is 222 g/mol. The first-order chi connectivity index (χ1) is 8.34. The summed E-state index contributed by atoms with van der Waals surface area (Å²) in [4.78, 5) is 12.5. The quantitative estimate of drug-likeness (QED) is 0.686. The molecule has 0 atom stereocenters. The summed E-state index contributed by atoms with van der Waals surface area (Å²) in [5, 5.41) is 1.91. The number of hydrogen-bond acceptors (Lipinski definition) is 4. The lowest BCUT2D eigenvalue weighted by atomic mass is 10.1. The maximum Gasteiger partial charge on any atom is 0.133 e. The van der Waals surface area contributed by atoms with Crippen LogP contribution in [0.25, 0.3) is 22.0 Å². The van der Waals surface area contributed by atoms with Crippen LogP contribution >= 0.6 is 0 Å². The number of rotatable bonds is 1. The van der Waals surface area contributed by atoms with Crippen molar-refractivity contribution in [3.05, 3.63) is 49.1 Å². The Morgan fingerprint density at radius 3 is 2.71 bits per heavy atom. The highest BCUT2D eigenvalue weighted by Crippen LogP contribution is 2.24. The number of fused-ring (bicyclic) bond motifs is 1. The van der Waals surface area contributed by atoms with Crippen LogP contribution in [0.2, 0.25) is 0 Å². The highest BCUT2D eigenvalue weighted by molar-refractivity contribution is 5.92. The second-order valence-corrected chi connectivity index (χ2v) is 3.73. The van der Waals surface area contributed by atoms with E-state index >= 15 is 0 Å². The first-order valence-electron chi connectivity index (χ1n) is 5.25. The molecule has 0 spiro atoms. The Labute approximate surface area is 98.2 Å². The van der Waals surface area contributed by atoms with Gasteiger partial charge in [0.05, 0.1) is 5.69 Å². The van der Waals surface area contributed by atoms with E-state index in [2.05, 4.69) is 15.0 Å². The molecule has 0 saturated heterocycles. The highest BCUT2D eigenvalue weighted by Gasteiger charge is 2.05. The monoisotopic (exact) mass is 222 g/mol. The van der Waals surface area contributed by atoms with Crippen molar-refractivity contribution in [2.24, 2.45) is 0 Å². The summed E-state index contributed by atoms with van der Waals surface area (Å²) in [7, 11) is 0. The van der Waals surface area contributed by atoms with Gasteiger partial charge < -0.3 is 5.73 Å². The van der Waals surface area contributed by atoms with Gasteiger partial charge >= 0.3 is 0 Å². The molecule has 0 bridgehead atoms. The van der Waals surface area contributed by atoms with Gasteiger partial charge in [-0.1, -0.05) is 0 Å². The van der Waals surface area contributed by atoms with Gasteiger partial charge in [-0.2, -0.15) is 0 Å². The zero-order valence-corrected chi connectivity index (χ0v) is 9.04. The molecule has 3 aromatic rings. The third-order valence-electron chi connectivity index (χ3n) is 2.62. The molecule has 0 fully saturated rings. The molecule has 0 saturated carbocycles. The van der Waals surface area contributed by atoms with Crippen LogP contribution in [-0.4, -0.2) is 15.0 Å². The standard InChI is InChI=1S/C13H10N4/c14-13-11-8-16-5-3-9(11)6-12(17-13)10-2-1-4-15-7-10/h1-8H,(H2,14,17). The number of nitrogens with zero attached hydrogens (tertiary/aromatic N) is 3. The molecule has 0 aliphatic heterocycles. The summed E-state index contributed by atoms with van der Waals surface area (Å²) < 4.78 is 0. The topological polar surface area (TPSA) is 64.7 Å². The van der Waals surface area contributed by atoms with E-state index in [1.807, 2.05) is 24.3 Å². The van der Waals surface area contributed by atoms with Crippen molar-refractivity contribution in [1.29, 1.82) is 0 Å². The zero-order chi connectivity index (χ0) is 11.7. The van der Waals surface area contributed by atoms with E-state index in [0.29, 0.717) is 5.82 Å². The van der Waals surface area contributed by atoms with E-state index in [0.717, 1.165) is 22.0 Å². The summed E-state index contributed by atoms with van der Waals surface area (Å²) in [6.45, 7) is 0. The Hall–Kier alpha value is -2.49. The lowest BCUT2D eigenvalue weighted by molar-refractivity contribution is 1.29. The molecular weight excluding hydrogens is 212 g/mol. The van der Waals surface area contributed by atoms with Gasteiger partial charge in [0, 0.05) is 35.7 Å². The van der Waals surface area contributed by atoms with Crippen LogP contribution in [0.3, 0.4) is 0 Å². The minimum atomic E-state index is 0.495. The van der Waals surface area contributed by atoms with Gasteiger partial charge in [0.1, 0.15) is 5.82 Å². The minimum absolute atomic E-state index is 0.495. The molecule has 0 aromatic carbocycles. The predicted molar refractivity (Wildman–Crippen MR) is 67.2 cm³/mol. The largest absolute Gasteiger partial charge is 0.383 e. The summed E-state index contributed by atoms with van der Waals surface area (Å²) in [6.07, 6.45) is 6.98. The lowest BCUT2D eigenvalue weighted by Gasteiger charge is -2.05. The van der Waals surface area contributed by atoms with E-state index in [1.165, 1.54) is 0 Å². The minimum Gasteiger partial charge on any atom is -0.383 e. The van der Waals surface area contributed by atoms with Crippen LogP contribution in [0.5, 0.6) is 0 Å². The molecule has 2 N–H and O–H groups in total. The Balaban J connectivity index is 2.26. The average Bonchev–Trinajstić information content (AvgIpc) is 2.40. The Kier molecular flexibility index (Phi) is 2.19. The summed E-state index contributed by atoms with van der Waals surface area (Å²) in [5.41, 5.74) is 7.71. The van der Waals surface area contributed by atoms with Gasteiger partial charge in [0.2, 0.25) is 0 Å². The molecule has 17 heavy (non-hydrogen) atoms. The Morgan fingerprint density at radius 2 is 1.88 bits per heavy atom. The fraction of sp³-hybridized carbons (Fsp3) is 0. The summed E-state index contributed by atoms with van der Waals surface area (Å²) >= 11 is 0. The van der Waals surface area contributed by atoms with Crippen molar-refractivity contribution in [3.63, 3.8) is 0 Å². The van der Waals surface area contributed by atoms with Crippen molar-refractivity contribution < 1.29 is 0 Å². The van der Waals surface area contributed by atoms with Crippen LogP contribution in [0.15, 0.2) is 49.1 Å². The van der Waals surface area contributed by atoms with Gasteiger partial charge in [-0.3, -0.25) is 9.97 Å². The molecule has 0 unspecified atom stereocenters. The first kappa shape index (κ1) is 9.72. The molecule has 0 radical (unpaired) electrons. The summed E-state index contributed by atoms with van der Waals surface area (Å²) in [6, 6.07) is 7.75. The van der Waals surface area contributed by atoms with Crippen molar-refractivity contribution in [2.75, 3.05) is 5.73 Å². The fourth-order valence-electron chi connectivity index (χ4n) is 1.78. The number of nitrogens with two attached hydrogens (primary N) is 1. The summed E-state index contributed by atoms with van der Waals surface area (Å²) in [5.74, 6) is 0.495. The van der Waals surface area contributed by atoms with Crippen LogP contribution in [0.4, 0.5) is 5.82 Å².